The second-order valence-electron chi connectivity index (χ2n) is 6.49. The molecule has 118 valence electrons. The van der Waals surface area contributed by atoms with Crippen molar-refractivity contribution in [2.24, 2.45) is 11.3 Å². The minimum Gasteiger partial charge on any atom is -0.377 e. The average Bonchev–Trinajstić information content (AvgIpc) is 2.58. The first-order chi connectivity index (χ1) is 9.80. The van der Waals surface area contributed by atoms with E-state index in [9.17, 15) is 4.39 Å². The van der Waals surface area contributed by atoms with E-state index >= 15 is 0 Å². The fourth-order valence-electron chi connectivity index (χ4n) is 2.47. The van der Waals surface area contributed by atoms with E-state index in [1.165, 1.54) is 0 Å². The van der Waals surface area contributed by atoms with Crippen LogP contribution in [0.5, 0.6) is 0 Å². The van der Waals surface area contributed by atoms with Crippen LogP contribution in [0, 0.1) is 11.3 Å². The van der Waals surface area contributed by atoms with Crippen LogP contribution in [0.3, 0.4) is 0 Å². The summed E-state index contributed by atoms with van der Waals surface area (Å²) in [5, 5.41) is 3.19. The van der Waals surface area contributed by atoms with Crippen molar-refractivity contribution < 1.29 is 4.39 Å². The van der Waals surface area contributed by atoms with Gasteiger partial charge in [0.2, 0.25) is 0 Å². The Bertz CT molecular complexity index is 468. The SMILES string of the molecule is CCC1C=CC(F)=C(/C(=C/C(C)(C)CNC)N(C)C)C=C1. The topological polar surface area (TPSA) is 15.3 Å². The summed E-state index contributed by atoms with van der Waals surface area (Å²) in [6.07, 6.45) is 10.7. The minimum absolute atomic E-state index is 0.0460. The highest BCUT2D eigenvalue weighted by atomic mass is 19.1. The third-order valence-corrected chi connectivity index (χ3v) is 3.65. The van der Waals surface area contributed by atoms with Gasteiger partial charge in [0.15, 0.2) is 0 Å². The Morgan fingerprint density at radius 2 is 1.95 bits per heavy atom. The van der Waals surface area contributed by atoms with Gasteiger partial charge in [0.1, 0.15) is 5.83 Å². The first-order valence-corrected chi connectivity index (χ1v) is 7.62. The molecule has 21 heavy (non-hydrogen) atoms. The first kappa shape index (κ1) is 17.7. The van der Waals surface area contributed by atoms with Gasteiger partial charge in [0.25, 0.3) is 0 Å². The van der Waals surface area contributed by atoms with Gasteiger partial charge >= 0.3 is 0 Å². The number of halogens is 1. The molecular weight excluding hydrogens is 263 g/mol. The number of nitrogens with zero attached hydrogens (tertiary/aromatic N) is 1. The van der Waals surface area contributed by atoms with Crippen molar-refractivity contribution in [2.75, 3.05) is 27.7 Å². The third kappa shape index (κ3) is 5.16. The van der Waals surface area contributed by atoms with Gasteiger partial charge in [-0.1, -0.05) is 45.1 Å². The number of nitrogens with one attached hydrogen (secondary N) is 1. The average molecular weight is 292 g/mol. The third-order valence-electron chi connectivity index (χ3n) is 3.65. The van der Waals surface area contributed by atoms with E-state index in [-0.39, 0.29) is 11.2 Å². The van der Waals surface area contributed by atoms with Gasteiger partial charge in [-0.05, 0) is 30.9 Å². The smallest absolute Gasteiger partial charge is 0.132 e. The van der Waals surface area contributed by atoms with Crippen LogP contribution in [0.1, 0.15) is 27.2 Å². The number of rotatable bonds is 6. The minimum atomic E-state index is -0.164. The molecule has 0 spiro atoms. The van der Waals surface area contributed by atoms with Crippen molar-refractivity contribution in [2.45, 2.75) is 27.2 Å². The number of hydrogen-bond acceptors (Lipinski definition) is 2. The van der Waals surface area contributed by atoms with Gasteiger partial charge < -0.3 is 10.2 Å². The van der Waals surface area contributed by atoms with Crippen LogP contribution in [-0.4, -0.2) is 32.6 Å². The lowest BCUT2D eigenvalue weighted by atomic mass is 9.90. The van der Waals surface area contributed by atoms with E-state index in [1.807, 2.05) is 38.2 Å². The molecule has 2 nitrogen and oxygen atoms in total. The normalized spacial score (nSPS) is 20.0. The van der Waals surface area contributed by atoms with Crippen molar-refractivity contribution in [3.05, 3.63) is 47.5 Å². The summed E-state index contributed by atoms with van der Waals surface area (Å²) in [4.78, 5) is 1.98. The molecule has 0 radical (unpaired) electrons. The zero-order valence-electron chi connectivity index (χ0n) is 14.2. The highest BCUT2D eigenvalue weighted by molar-refractivity contribution is 5.46. The molecule has 0 aromatic rings. The second-order valence-corrected chi connectivity index (χ2v) is 6.49. The predicted octanol–water partition coefficient (Wildman–Crippen LogP) is 4.05. The van der Waals surface area contributed by atoms with E-state index < -0.39 is 0 Å². The van der Waals surface area contributed by atoms with Crippen molar-refractivity contribution in [1.29, 1.82) is 0 Å². The Hall–Kier alpha value is -1.35. The van der Waals surface area contributed by atoms with Crippen molar-refractivity contribution in [3.63, 3.8) is 0 Å². The molecule has 0 aromatic heterocycles. The largest absolute Gasteiger partial charge is 0.377 e. The van der Waals surface area contributed by atoms with Gasteiger partial charge in [0.05, 0.1) is 0 Å². The van der Waals surface area contributed by atoms with Gasteiger partial charge in [-0.25, -0.2) is 4.39 Å². The molecule has 0 saturated heterocycles. The highest BCUT2D eigenvalue weighted by Crippen LogP contribution is 2.29. The van der Waals surface area contributed by atoms with Gasteiger partial charge in [-0.3, -0.25) is 0 Å². The Balaban J connectivity index is 3.23. The van der Waals surface area contributed by atoms with Gasteiger partial charge in [0, 0.05) is 31.9 Å². The molecule has 0 aliphatic heterocycles. The summed E-state index contributed by atoms with van der Waals surface area (Å²) in [7, 11) is 5.85. The summed E-state index contributed by atoms with van der Waals surface area (Å²) in [6, 6.07) is 0. The lowest BCUT2D eigenvalue weighted by Gasteiger charge is -2.26. The zero-order valence-corrected chi connectivity index (χ0v) is 14.2. The fraction of sp³-hybridized carbons (Fsp3) is 0.556. The molecule has 0 heterocycles. The van der Waals surface area contributed by atoms with Crippen LogP contribution in [0.25, 0.3) is 0 Å². The van der Waals surface area contributed by atoms with Crippen LogP contribution < -0.4 is 5.32 Å². The molecule has 1 aliphatic carbocycles. The van der Waals surface area contributed by atoms with Crippen LogP contribution in [0.4, 0.5) is 4.39 Å². The Morgan fingerprint density at radius 3 is 2.48 bits per heavy atom. The summed E-state index contributed by atoms with van der Waals surface area (Å²) in [6.45, 7) is 7.25. The molecule has 0 bridgehead atoms. The maximum absolute atomic E-state index is 14.4. The fourth-order valence-corrected chi connectivity index (χ4v) is 2.47. The van der Waals surface area contributed by atoms with E-state index in [1.54, 1.807) is 6.08 Å². The van der Waals surface area contributed by atoms with Crippen molar-refractivity contribution >= 4 is 0 Å². The molecule has 1 rings (SSSR count). The second kappa shape index (κ2) is 7.60. The monoisotopic (exact) mass is 292 g/mol. The van der Waals surface area contributed by atoms with E-state index in [4.69, 9.17) is 0 Å². The molecule has 0 amide bonds. The maximum Gasteiger partial charge on any atom is 0.132 e. The molecule has 0 saturated carbocycles. The lowest BCUT2D eigenvalue weighted by Crippen LogP contribution is -2.27. The summed E-state index contributed by atoms with van der Waals surface area (Å²) < 4.78 is 14.4. The lowest BCUT2D eigenvalue weighted by molar-refractivity contribution is 0.429. The molecule has 0 fully saturated rings. The number of hydrogen-bond donors (Lipinski definition) is 1. The number of likely N-dealkylation sites (N-methyl/N-ethyl adjacent to an activating group) is 1. The quantitative estimate of drug-likeness (QED) is 0.794. The van der Waals surface area contributed by atoms with Crippen LogP contribution in [0.15, 0.2) is 47.5 Å². The Labute approximate surface area is 129 Å². The van der Waals surface area contributed by atoms with Crippen molar-refractivity contribution in [3.8, 4) is 0 Å². The van der Waals surface area contributed by atoms with E-state index in [2.05, 4.69) is 38.2 Å². The maximum atomic E-state index is 14.4. The van der Waals surface area contributed by atoms with E-state index in [0.29, 0.717) is 11.5 Å². The predicted molar refractivity (Wildman–Crippen MR) is 89.7 cm³/mol. The molecule has 0 aromatic carbocycles. The zero-order chi connectivity index (χ0) is 16.0. The summed E-state index contributed by atoms with van der Waals surface area (Å²) in [5.74, 6) is 0.143. The van der Waals surface area contributed by atoms with Gasteiger partial charge in [-0.15, -0.1) is 0 Å². The Kier molecular flexibility index (Phi) is 6.41. The van der Waals surface area contributed by atoms with Gasteiger partial charge in [-0.2, -0.15) is 0 Å². The van der Waals surface area contributed by atoms with Crippen LogP contribution in [0.2, 0.25) is 0 Å². The number of allylic oxidation sites excluding steroid dienone is 5. The summed E-state index contributed by atoms with van der Waals surface area (Å²) in [5.41, 5.74) is 1.54. The van der Waals surface area contributed by atoms with E-state index in [0.717, 1.165) is 18.7 Å². The molecular formula is C18H29FN2. The molecule has 1 atom stereocenters. The van der Waals surface area contributed by atoms with Crippen LogP contribution in [-0.2, 0) is 0 Å². The Morgan fingerprint density at radius 1 is 1.33 bits per heavy atom. The standard InChI is InChI=1S/C18H29FN2/c1-7-14-8-10-15(16(19)11-9-14)17(21(5)6)12-18(2,3)13-20-4/h8-12,14,20H,7,13H2,1-6H3/b17-12-. The highest BCUT2D eigenvalue weighted by Gasteiger charge is 2.19. The summed E-state index contributed by atoms with van der Waals surface area (Å²) >= 11 is 0. The first-order valence-electron chi connectivity index (χ1n) is 7.62. The molecule has 1 unspecified atom stereocenters. The van der Waals surface area contributed by atoms with Crippen LogP contribution >= 0.6 is 0 Å². The molecule has 3 heteroatoms. The molecule has 1 aliphatic rings. The molecule has 1 N–H and O–H groups in total. The van der Waals surface area contributed by atoms with Crippen molar-refractivity contribution in [1.82, 2.24) is 10.2 Å².